The fourth-order valence-electron chi connectivity index (χ4n) is 3.93. The second-order valence-electron chi connectivity index (χ2n) is 8.23. The summed E-state index contributed by atoms with van der Waals surface area (Å²) in [5.74, 6) is 0.0902. The standard InChI is InChI=1S/C26H28N4O3.ClH.H2O/c1-19-5-4-6-21(17-19)25(31)28-23-7-2-3-8-24(23)29-26(32)33-18-20-11-15-30(16-12-20)22-9-13-27-14-10-22;;/h2-10,13-14,17,20H,11-12,15-16,18H2,1H3,(H,28,31)(H,29,32);1H;1H2. The third kappa shape index (κ3) is 7.70. The van der Waals surface area contributed by atoms with E-state index in [4.69, 9.17) is 4.74 Å². The molecular weight excluding hydrogens is 468 g/mol. The first-order chi connectivity index (χ1) is 16.1. The molecule has 4 N–H and O–H groups in total. The maximum atomic E-state index is 12.6. The fraction of sp³-hybridized carbons (Fsp3) is 0.269. The number of hydrogen-bond acceptors (Lipinski definition) is 5. The molecule has 1 aliphatic heterocycles. The normalized spacial score (nSPS) is 13.1. The van der Waals surface area contributed by atoms with Crippen LogP contribution in [0.5, 0.6) is 0 Å². The van der Waals surface area contributed by atoms with Crippen LogP contribution in [0, 0.1) is 12.8 Å². The molecule has 0 radical (unpaired) electrons. The molecule has 3 aromatic rings. The molecule has 0 spiro atoms. The molecule has 1 fully saturated rings. The summed E-state index contributed by atoms with van der Waals surface area (Å²) in [5.41, 5.74) is 3.75. The summed E-state index contributed by atoms with van der Waals surface area (Å²) < 4.78 is 5.50. The van der Waals surface area contributed by atoms with Gasteiger partial charge in [-0.2, -0.15) is 0 Å². The Bertz CT molecular complexity index is 1110. The third-order valence-electron chi connectivity index (χ3n) is 5.78. The van der Waals surface area contributed by atoms with Crippen molar-refractivity contribution in [2.45, 2.75) is 19.8 Å². The third-order valence-corrected chi connectivity index (χ3v) is 5.78. The van der Waals surface area contributed by atoms with Gasteiger partial charge >= 0.3 is 6.09 Å². The van der Waals surface area contributed by atoms with Crippen LogP contribution in [0.25, 0.3) is 0 Å². The predicted molar refractivity (Wildman–Crippen MR) is 141 cm³/mol. The number of nitrogens with zero attached hydrogens (tertiary/aromatic N) is 2. The lowest BCUT2D eigenvalue weighted by atomic mass is 9.97. The van der Waals surface area contributed by atoms with Crippen molar-refractivity contribution < 1.29 is 19.8 Å². The largest absolute Gasteiger partial charge is 0.449 e. The lowest BCUT2D eigenvalue weighted by molar-refractivity contribution is 0.102. The fourth-order valence-corrected chi connectivity index (χ4v) is 3.93. The second kappa shape index (κ2) is 13.3. The van der Waals surface area contributed by atoms with Crippen LogP contribution >= 0.6 is 12.4 Å². The number of halogens is 1. The number of carbonyl (C=O) groups is 2. The summed E-state index contributed by atoms with van der Waals surface area (Å²) in [4.78, 5) is 31.4. The first kappa shape index (κ1) is 27.6. The Hall–Kier alpha value is -3.62. The number of pyridine rings is 1. The molecule has 35 heavy (non-hydrogen) atoms. The number of aromatic nitrogens is 1. The van der Waals surface area contributed by atoms with Gasteiger partial charge in [-0.05, 0) is 62.1 Å². The van der Waals surface area contributed by atoms with E-state index in [0.717, 1.165) is 31.5 Å². The van der Waals surface area contributed by atoms with E-state index in [1.165, 1.54) is 5.69 Å². The van der Waals surface area contributed by atoms with Gasteiger partial charge in [-0.15, -0.1) is 12.4 Å². The van der Waals surface area contributed by atoms with E-state index in [2.05, 4.69) is 20.5 Å². The summed E-state index contributed by atoms with van der Waals surface area (Å²) >= 11 is 0. The molecule has 9 heteroatoms. The Morgan fingerprint density at radius 2 is 1.63 bits per heavy atom. The van der Waals surface area contributed by atoms with E-state index in [9.17, 15) is 9.59 Å². The maximum absolute atomic E-state index is 12.6. The van der Waals surface area contributed by atoms with Crippen LogP contribution in [0.2, 0.25) is 0 Å². The predicted octanol–water partition coefficient (Wildman–Crippen LogP) is 4.70. The number of aryl methyl sites for hydroxylation is 1. The Balaban J connectivity index is 0.00000216. The Labute approximate surface area is 211 Å². The smallest absolute Gasteiger partial charge is 0.411 e. The second-order valence-corrected chi connectivity index (χ2v) is 8.23. The molecule has 0 saturated carbocycles. The minimum Gasteiger partial charge on any atom is -0.449 e. The molecule has 1 aliphatic rings. The van der Waals surface area contributed by atoms with Crippen molar-refractivity contribution in [2.75, 3.05) is 35.2 Å². The SMILES string of the molecule is Cc1cccc(C(=O)Nc2ccccc2NC(=O)OCC2CCN(c3ccncc3)CC2)c1.Cl.O. The van der Waals surface area contributed by atoms with E-state index in [1.807, 2.05) is 37.3 Å². The molecule has 2 amide bonds. The van der Waals surface area contributed by atoms with Crippen molar-refractivity contribution in [3.63, 3.8) is 0 Å². The number of hydrogen-bond donors (Lipinski definition) is 2. The molecule has 186 valence electrons. The summed E-state index contributed by atoms with van der Waals surface area (Å²) in [7, 11) is 0. The Morgan fingerprint density at radius 3 is 2.29 bits per heavy atom. The van der Waals surface area contributed by atoms with E-state index >= 15 is 0 Å². The van der Waals surface area contributed by atoms with E-state index < -0.39 is 6.09 Å². The molecule has 1 saturated heterocycles. The van der Waals surface area contributed by atoms with Crippen molar-refractivity contribution in [3.8, 4) is 0 Å². The molecule has 2 heterocycles. The summed E-state index contributed by atoms with van der Waals surface area (Å²) in [5, 5.41) is 5.63. The van der Waals surface area contributed by atoms with Gasteiger partial charge in [-0.3, -0.25) is 15.1 Å². The molecule has 0 aliphatic carbocycles. The highest BCUT2D eigenvalue weighted by Crippen LogP contribution is 2.24. The zero-order chi connectivity index (χ0) is 23.0. The first-order valence-corrected chi connectivity index (χ1v) is 11.1. The quantitative estimate of drug-likeness (QED) is 0.511. The number of carbonyl (C=O) groups excluding carboxylic acids is 2. The molecule has 4 rings (SSSR count). The van der Waals surface area contributed by atoms with Crippen LogP contribution in [-0.4, -0.2) is 42.2 Å². The van der Waals surface area contributed by atoms with Gasteiger partial charge in [0, 0.05) is 36.7 Å². The Kier molecular flexibility index (Phi) is 10.5. The lowest BCUT2D eigenvalue weighted by Gasteiger charge is -2.33. The van der Waals surface area contributed by atoms with Crippen LogP contribution in [0.15, 0.2) is 73.1 Å². The van der Waals surface area contributed by atoms with Crippen molar-refractivity contribution in [3.05, 3.63) is 84.2 Å². The van der Waals surface area contributed by atoms with Crippen molar-refractivity contribution >= 4 is 41.5 Å². The van der Waals surface area contributed by atoms with Gasteiger partial charge in [0.05, 0.1) is 18.0 Å². The van der Waals surface area contributed by atoms with Crippen molar-refractivity contribution in [1.82, 2.24) is 4.98 Å². The van der Waals surface area contributed by atoms with Crippen LogP contribution in [0.4, 0.5) is 21.9 Å². The van der Waals surface area contributed by atoms with Gasteiger partial charge < -0.3 is 20.4 Å². The highest BCUT2D eigenvalue weighted by molar-refractivity contribution is 6.06. The average molecular weight is 499 g/mol. The number of para-hydroxylation sites is 2. The number of anilines is 3. The van der Waals surface area contributed by atoms with E-state index in [1.54, 1.807) is 42.7 Å². The molecular formula is C26H31ClN4O4. The number of nitrogens with one attached hydrogen (secondary N) is 2. The van der Waals surface area contributed by atoms with Crippen molar-refractivity contribution in [1.29, 1.82) is 0 Å². The summed E-state index contributed by atoms with van der Waals surface area (Å²) in [6.07, 6.45) is 4.99. The zero-order valence-corrected chi connectivity index (χ0v) is 20.4. The highest BCUT2D eigenvalue weighted by Gasteiger charge is 2.21. The van der Waals surface area contributed by atoms with Gasteiger partial charge in [-0.1, -0.05) is 29.8 Å². The van der Waals surface area contributed by atoms with E-state index in [-0.39, 0.29) is 23.8 Å². The minimum absolute atomic E-state index is 0. The number of amides is 2. The molecule has 2 aromatic carbocycles. The number of ether oxygens (including phenoxy) is 1. The van der Waals surface area contributed by atoms with Gasteiger partial charge in [0.1, 0.15) is 0 Å². The van der Waals surface area contributed by atoms with Gasteiger partial charge in [0.25, 0.3) is 5.91 Å². The summed E-state index contributed by atoms with van der Waals surface area (Å²) in [6.45, 7) is 4.15. The van der Waals surface area contributed by atoms with Crippen LogP contribution in [0.1, 0.15) is 28.8 Å². The van der Waals surface area contributed by atoms with E-state index in [0.29, 0.717) is 29.5 Å². The van der Waals surface area contributed by atoms with Crippen molar-refractivity contribution in [2.24, 2.45) is 5.92 Å². The van der Waals surface area contributed by atoms with Crippen LogP contribution in [-0.2, 0) is 4.74 Å². The number of rotatable bonds is 6. The molecule has 0 bridgehead atoms. The summed E-state index contributed by atoms with van der Waals surface area (Å²) in [6, 6.07) is 18.5. The molecule has 1 aromatic heterocycles. The van der Waals surface area contributed by atoms with Gasteiger partial charge in [-0.25, -0.2) is 4.79 Å². The topological polar surface area (TPSA) is 115 Å². The minimum atomic E-state index is -0.524. The molecule has 0 atom stereocenters. The van der Waals surface area contributed by atoms with Gasteiger partial charge in [0.15, 0.2) is 0 Å². The van der Waals surface area contributed by atoms with Crippen LogP contribution < -0.4 is 15.5 Å². The number of benzene rings is 2. The first-order valence-electron chi connectivity index (χ1n) is 11.1. The monoisotopic (exact) mass is 498 g/mol. The van der Waals surface area contributed by atoms with Crippen LogP contribution in [0.3, 0.4) is 0 Å². The highest BCUT2D eigenvalue weighted by atomic mass is 35.5. The molecule has 8 nitrogen and oxygen atoms in total. The molecule has 0 unspecified atom stereocenters. The Morgan fingerprint density at radius 1 is 0.971 bits per heavy atom. The lowest BCUT2D eigenvalue weighted by Crippen LogP contribution is -2.35. The number of piperidine rings is 1. The van der Waals surface area contributed by atoms with Gasteiger partial charge in [0.2, 0.25) is 0 Å². The zero-order valence-electron chi connectivity index (χ0n) is 19.6. The maximum Gasteiger partial charge on any atom is 0.411 e. The average Bonchev–Trinajstić information content (AvgIpc) is 2.85.